The minimum absolute atomic E-state index is 0. The number of carboxylic acid groups (broad SMARTS) is 3. The molecule has 1 unspecified atom stereocenters. The molecule has 15 heavy (non-hydrogen) atoms. The summed E-state index contributed by atoms with van der Waals surface area (Å²) in [5.74, 6) is -5.35. The van der Waals surface area contributed by atoms with Crippen LogP contribution >= 0.6 is 9.90 Å². The molecule has 0 bridgehead atoms. The van der Waals surface area contributed by atoms with Crippen LogP contribution in [-0.2, 0) is 14.4 Å². The third-order valence-electron chi connectivity index (χ3n) is 1.27. The van der Waals surface area contributed by atoms with Gasteiger partial charge in [0, 0.05) is 0 Å². The van der Waals surface area contributed by atoms with Gasteiger partial charge in [0.25, 0.3) is 0 Å². The van der Waals surface area contributed by atoms with Gasteiger partial charge in [-0.1, -0.05) is 0 Å². The van der Waals surface area contributed by atoms with Crippen LogP contribution in [0.1, 0.15) is 12.8 Å². The van der Waals surface area contributed by atoms with Crippen molar-refractivity contribution in [3.05, 3.63) is 0 Å². The fourth-order valence-corrected chi connectivity index (χ4v) is 0.707. The average molecular weight is 264 g/mol. The standard InChI is InChI=1S/C6H8O7.K.H3P/c7-3(8)1-6(13,5(11)12)2-4(9)10;;/h13H,1-2H2,(H,7,8)(H,9,10)(H,11,12);;1H3/q;+1;/p-1. The van der Waals surface area contributed by atoms with Gasteiger partial charge in [0.15, 0.2) is 0 Å². The van der Waals surface area contributed by atoms with Crippen molar-refractivity contribution >= 4 is 27.8 Å². The molecular formula is C6H10KO7P. The Labute approximate surface area is 131 Å². The second-order valence-electron chi connectivity index (χ2n) is 2.46. The topological polar surface area (TPSA) is 135 Å². The number of carbonyl (C=O) groups excluding carboxylic acids is 1. The van der Waals surface area contributed by atoms with E-state index in [1.165, 1.54) is 0 Å². The number of hydrogen-bond acceptors (Lipinski definition) is 5. The van der Waals surface area contributed by atoms with Crippen LogP contribution in [0.15, 0.2) is 0 Å². The van der Waals surface area contributed by atoms with Crippen molar-refractivity contribution in [1.82, 2.24) is 0 Å². The molecule has 0 saturated heterocycles. The van der Waals surface area contributed by atoms with Crippen molar-refractivity contribution in [3.8, 4) is 0 Å². The first-order valence-corrected chi connectivity index (χ1v) is 3.15. The molecule has 0 amide bonds. The van der Waals surface area contributed by atoms with E-state index in [1.807, 2.05) is 0 Å². The molecule has 0 rings (SSSR count). The van der Waals surface area contributed by atoms with E-state index in [4.69, 9.17) is 15.3 Å². The Morgan fingerprint density at radius 3 is 1.47 bits per heavy atom. The molecular weight excluding hydrogens is 254 g/mol. The van der Waals surface area contributed by atoms with Crippen molar-refractivity contribution in [1.29, 1.82) is 0 Å². The van der Waals surface area contributed by atoms with Crippen LogP contribution in [0.4, 0.5) is 0 Å². The van der Waals surface area contributed by atoms with E-state index in [2.05, 4.69) is 0 Å². The Morgan fingerprint density at radius 1 is 1.07 bits per heavy atom. The summed E-state index contributed by atoms with van der Waals surface area (Å²) >= 11 is 0. The fourth-order valence-electron chi connectivity index (χ4n) is 0.707. The van der Waals surface area contributed by atoms with Crippen molar-refractivity contribution in [3.63, 3.8) is 0 Å². The van der Waals surface area contributed by atoms with Gasteiger partial charge in [-0.15, -0.1) is 0 Å². The molecule has 9 heteroatoms. The molecule has 0 saturated carbocycles. The summed E-state index contributed by atoms with van der Waals surface area (Å²) in [5, 5.41) is 35.5. The Kier molecular flexibility index (Phi) is 11.9. The minimum Gasteiger partial charge on any atom is -0.547 e. The maximum absolute atomic E-state index is 10.2. The summed E-state index contributed by atoms with van der Waals surface area (Å²) < 4.78 is 0. The van der Waals surface area contributed by atoms with E-state index in [0.717, 1.165) is 0 Å². The quantitative estimate of drug-likeness (QED) is 0.333. The van der Waals surface area contributed by atoms with Crippen LogP contribution in [0.25, 0.3) is 0 Å². The van der Waals surface area contributed by atoms with Crippen molar-refractivity contribution in [2.45, 2.75) is 18.4 Å². The molecule has 82 valence electrons. The molecule has 0 aromatic heterocycles. The molecule has 0 aliphatic carbocycles. The van der Waals surface area contributed by atoms with Crippen LogP contribution in [0.3, 0.4) is 0 Å². The smallest absolute Gasteiger partial charge is 0.547 e. The minimum atomic E-state index is -2.85. The van der Waals surface area contributed by atoms with Gasteiger partial charge >= 0.3 is 63.3 Å². The number of carboxylic acids is 3. The maximum Gasteiger partial charge on any atom is 1.00 e. The summed E-state index contributed by atoms with van der Waals surface area (Å²) in [4.78, 5) is 30.3. The van der Waals surface area contributed by atoms with Gasteiger partial charge in [0.1, 0.15) is 5.60 Å². The normalized spacial score (nSPS) is 9.40. The zero-order chi connectivity index (χ0) is 10.6. The maximum atomic E-state index is 10.2. The second-order valence-corrected chi connectivity index (χ2v) is 2.46. The molecule has 0 aliphatic rings. The molecule has 0 aromatic carbocycles. The third-order valence-corrected chi connectivity index (χ3v) is 1.27. The first-order valence-electron chi connectivity index (χ1n) is 3.15. The van der Waals surface area contributed by atoms with Gasteiger partial charge in [-0.2, -0.15) is 9.90 Å². The summed E-state index contributed by atoms with van der Waals surface area (Å²) in [6.07, 6.45) is -2.41. The van der Waals surface area contributed by atoms with Gasteiger partial charge < -0.3 is 25.2 Å². The Morgan fingerprint density at radius 2 is 1.33 bits per heavy atom. The van der Waals surface area contributed by atoms with Crippen molar-refractivity contribution < 1.29 is 86.2 Å². The van der Waals surface area contributed by atoms with Crippen molar-refractivity contribution in [2.75, 3.05) is 0 Å². The first-order chi connectivity index (χ1) is 5.78. The Balaban J connectivity index is -0.000000720. The van der Waals surface area contributed by atoms with E-state index in [-0.39, 0.29) is 61.3 Å². The van der Waals surface area contributed by atoms with E-state index < -0.39 is 36.4 Å². The van der Waals surface area contributed by atoms with Crippen LogP contribution in [0.2, 0.25) is 0 Å². The molecule has 0 aromatic rings. The largest absolute Gasteiger partial charge is 1.00 e. The SMILES string of the molecule is O=C(O)CC(O)(CC(=O)O)C(=O)[O-].P.[K+]. The Hall–Kier alpha value is 0.436. The zero-order valence-corrected chi connectivity index (χ0v) is 12.6. The molecule has 7 nitrogen and oxygen atoms in total. The van der Waals surface area contributed by atoms with Crippen LogP contribution < -0.4 is 56.5 Å². The fraction of sp³-hybridized carbons (Fsp3) is 0.500. The first kappa shape index (κ1) is 20.8. The second kappa shape index (κ2) is 8.57. The van der Waals surface area contributed by atoms with Gasteiger partial charge in [0.05, 0.1) is 18.8 Å². The predicted octanol–water partition coefficient (Wildman–Crippen LogP) is -5.52. The molecule has 0 heterocycles. The summed E-state index contributed by atoms with van der Waals surface area (Å²) in [7, 11) is 0. The number of aliphatic carboxylic acids is 3. The third kappa shape index (κ3) is 8.26. The predicted molar refractivity (Wildman–Crippen MR) is 45.6 cm³/mol. The molecule has 0 spiro atoms. The number of aliphatic hydroxyl groups is 1. The van der Waals surface area contributed by atoms with Crippen LogP contribution in [0, 0.1) is 0 Å². The van der Waals surface area contributed by atoms with E-state index in [0.29, 0.717) is 0 Å². The molecule has 1 atom stereocenters. The van der Waals surface area contributed by atoms with E-state index in [9.17, 15) is 19.5 Å². The summed E-state index contributed by atoms with van der Waals surface area (Å²) in [6.45, 7) is 0. The van der Waals surface area contributed by atoms with Crippen LogP contribution in [-0.4, -0.2) is 38.8 Å². The Bertz CT molecular complexity index is 238. The zero-order valence-electron chi connectivity index (χ0n) is 8.10. The van der Waals surface area contributed by atoms with Gasteiger partial charge in [-0.25, -0.2) is 0 Å². The summed E-state index contributed by atoms with van der Waals surface area (Å²) in [5.41, 5.74) is -2.85. The number of hydrogen-bond donors (Lipinski definition) is 3. The summed E-state index contributed by atoms with van der Waals surface area (Å²) in [6, 6.07) is 0. The molecule has 0 aliphatic heterocycles. The van der Waals surface area contributed by atoms with E-state index >= 15 is 0 Å². The molecule has 3 N–H and O–H groups in total. The van der Waals surface area contributed by atoms with Crippen LogP contribution in [0.5, 0.6) is 0 Å². The monoisotopic (exact) mass is 264 g/mol. The average Bonchev–Trinajstić information content (AvgIpc) is 1.82. The number of carbonyl (C=O) groups is 3. The van der Waals surface area contributed by atoms with Gasteiger partial charge in [-0.3, -0.25) is 9.59 Å². The molecule has 0 radical (unpaired) electrons. The molecule has 0 fully saturated rings. The van der Waals surface area contributed by atoms with Gasteiger partial charge in [-0.05, 0) is 0 Å². The van der Waals surface area contributed by atoms with Crippen molar-refractivity contribution in [2.24, 2.45) is 0 Å². The van der Waals surface area contributed by atoms with E-state index in [1.54, 1.807) is 0 Å². The number of rotatable bonds is 5. The van der Waals surface area contributed by atoms with Gasteiger partial charge in [0.2, 0.25) is 0 Å².